The van der Waals surface area contributed by atoms with Crippen molar-refractivity contribution in [2.45, 2.75) is 20.4 Å². The number of nitrogens with one attached hydrogen (secondary N) is 1. The SMILES string of the molecule is CCN(C(=O)c1ccnc(NCc2ccc3c(c2)OCO3)c1)c1cccc(C)c1. The lowest BCUT2D eigenvalue weighted by atomic mass is 10.1. The smallest absolute Gasteiger partial charge is 0.258 e. The summed E-state index contributed by atoms with van der Waals surface area (Å²) in [4.78, 5) is 19.2. The fourth-order valence-corrected chi connectivity index (χ4v) is 3.30. The van der Waals surface area contributed by atoms with Gasteiger partial charge in [0.1, 0.15) is 5.82 Å². The Morgan fingerprint density at radius 2 is 1.97 bits per heavy atom. The Morgan fingerprint density at radius 1 is 1.10 bits per heavy atom. The van der Waals surface area contributed by atoms with Gasteiger partial charge in [-0.15, -0.1) is 0 Å². The number of carbonyl (C=O) groups is 1. The average Bonchev–Trinajstić information content (AvgIpc) is 3.21. The number of aryl methyl sites for hydroxylation is 1. The monoisotopic (exact) mass is 389 g/mol. The van der Waals surface area contributed by atoms with Crippen molar-refractivity contribution in [3.63, 3.8) is 0 Å². The highest BCUT2D eigenvalue weighted by Crippen LogP contribution is 2.32. The Bertz CT molecular complexity index is 1040. The fourth-order valence-electron chi connectivity index (χ4n) is 3.30. The average molecular weight is 389 g/mol. The molecule has 4 rings (SSSR count). The molecule has 0 bridgehead atoms. The number of amides is 1. The van der Waals surface area contributed by atoms with Crippen LogP contribution < -0.4 is 19.7 Å². The van der Waals surface area contributed by atoms with Crippen molar-refractivity contribution < 1.29 is 14.3 Å². The number of anilines is 2. The van der Waals surface area contributed by atoms with Crippen LogP contribution >= 0.6 is 0 Å². The quantitative estimate of drug-likeness (QED) is 0.677. The van der Waals surface area contributed by atoms with Crippen molar-refractivity contribution in [3.8, 4) is 11.5 Å². The normalized spacial score (nSPS) is 11.9. The van der Waals surface area contributed by atoms with Crippen LogP contribution in [0.3, 0.4) is 0 Å². The van der Waals surface area contributed by atoms with Crippen molar-refractivity contribution >= 4 is 17.4 Å². The first-order chi connectivity index (χ1) is 14.1. The summed E-state index contributed by atoms with van der Waals surface area (Å²) < 4.78 is 10.8. The molecule has 1 aliphatic heterocycles. The summed E-state index contributed by atoms with van der Waals surface area (Å²) in [6, 6.07) is 17.3. The van der Waals surface area contributed by atoms with E-state index in [4.69, 9.17) is 9.47 Å². The van der Waals surface area contributed by atoms with Crippen LogP contribution in [0, 0.1) is 6.92 Å². The Labute approximate surface area is 170 Å². The molecule has 1 amide bonds. The van der Waals surface area contributed by atoms with Gasteiger partial charge >= 0.3 is 0 Å². The third kappa shape index (κ3) is 4.16. The van der Waals surface area contributed by atoms with Crippen LogP contribution in [-0.2, 0) is 6.54 Å². The second-order valence-electron chi connectivity index (χ2n) is 6.86. The van der Waals surface area contributed by atoms with Crippen molar-refractivity contribution in [1.29, 1.82) is 0 Å². The van der Waals surface area contributed by atoms with Crippen molar-refractivity contribution in [2.24, 2.45) is 0 Å². The van der Waals surface area contributed by atoms with E-state index in [0.29, 0.717) is 24.5 Å². The van der Waals surface area contributed by atoms with Gasteiger partial charge in [0, 0.05) is 30.5 Å². The van der Waals surface area contributed by atoms with Crippen LogP contribution in [0.1, 0.15) is 28.4 Å². The second-order valence-corrected chi connectivity index (χ2v) is 6.86. The second kappa shape index (κ2) is 8.22. The molecule has 148 valence electrons. The lowest BCUT2D eigenvalue weighted by Gasteiger charge is -2.21. The molecule has 6 nitrogen and oxygen atoms in total. The van der Waals surface area contributed by atoms with E-state index >= 15 is 0 Å². The van der Waals surface area contributed by atoms with Crippen LogP contribution in [0.5, 0.6) is 11.5 Å². The molecular formula is C23H23N3O3. The molecule has 0 fully saturated rings. The number of aromatic nitrogens is 1. The number of carbonyl (C=O) groups excluding carboxylic acids is 1. The highest BCUT2D eigenvalue weighted by molar-refractivity contribution is 6.06. The lowest BCUT2D eigenvalue weighted by molar-refractivity contribution is 0.0988. The number of fused-ring (bicyclic) bond motifs is 1. The van der Waals surface area contributed by atoms with Crippen LogP contribution in [0.25, 0.3) is 0 Å². The van der Waals surface area contributed by atoms with Gasteiger partial charge in [-0.1, -0.05) is 18.2 Å². The number of benzene rings is 2. The first kappa shape index (κ1) is 18.8. The Kier molecular flexibility index (Phi) is 5.33. The molecule has 0 saturated carbocycles. The van der Waals surface area contributed by atoms with Crippen molar-refractivity contribution in [2.75, 3.05) is 23.6 Å². The summed E-state index contributed by atoms with van der Waals surface area (Å²) in [6.07, 6.45) is 1.65. The molecule has 0 radical (unpaired) electrons. The largest absolute Gasteiger partial charge is 0.454 e. The van der Waals surface area contributed by atoms with Gasteiger partial charge in [0.15, 0.2) is 11.5 Å². The van der Waals surface area contributed by atoms with Gasteiger partial charge in [0.05, 0.1) is 0 Å². The number of hydrogen-bond acceptors (Lipinski definition) is 5. The van der Waals surface area contributed by atoms with E-state index in [1.165, 1.54) is 0 Å². The summed E-state index contributed by atoms with van der Waals surface area (Å²) in [5.41, 5.74) is 3.65. The van der Waals surface area contributed by atoms with Gasteiger partial charge in [-0.3, -0.25) is 4.79 Å². The van der Waals surface area contributed by atoms with E-state index < -0.39 is 0 Å². The first-order valence-electron chi connectivity index (χ1n) is 9.61. The van der Waals surface area contributed by atoms with Crippen LogP contribution in [-0.4, -0.2) is 24.2 Å². The number of rotatable bonds is 6. The van der Waals surface area contributed by atoms with Crippen LogP contribution in [0.2, 0.25) is 0 Å². The standard InChI is InChI=1S/C23H23N3O3/c1-3-26(19-6-4-5-16(2)11-19)23(27)18-9-10-24-22(13-18)25-14-17-7-8-20-21(12-17)29-15-28-20/h4-13H,3,14-15H2,1-2H3,(H,24,25). The Hall–Kier alpha value is -3.54. The minimum atomic E-state index is -0.0494. The molecule has 0 atom stereocenters. The molecule has 0 saturated heterocycles. The predicted octanol–water partition coefficient (Wildman–Crippen LogP) is 4.40. The van der Waals surface area contributed by atoms with Gasteiger partial charge < -0.3 is 19.7 Å². The van der Waals surface area contributed by atoms with Gasteiger partial charge in [-0.25, -0.2) is 4.98 Å². The molecule has 3 aromatic rings. The zero-order valence-corrected chi connectivity index (χ0v) is 16.5. The van der Waals surface area contributed by atoms with E-state index in [2.05, 4.69) is 10.3 Å². The molecule has 2 heterocycles. The van der Waals surface area contributed by atoms with E-state index in [9.17, 15) is 4.79 Å². The van der Waals surface area contributed by atoms with Crippen molar-refractivity contribution in [1.82, 2.24) is 4.98 Å². The molecule has 1 N–H and O–H groups in total. The minimum Gasteiger partial charge on any atom is -0.454 e. The molecule has 1 aromatic heterocycles. The van der Waals surface area contributed by atoms with Crippen molar-refractivity contribution in [3.05, 3.63) is 77.5 Å². The third-order valence-electron chi connectivity index (χ3n) is 4.79. The summed E-state index contributed by atoms with van der Waals surface area (Å²) in [6.45, 7) is 5.40. The molecular weight excluding hydrogens is 366 g/mol. The number of pyridine rings is 1. The summed E-state index contributed by atoms with van der Waals surface area (Å²) >= 11 is 0. The van der Waals surface area contributed by atoms with Gasteiger partial charge in [0.2, 0.25) is 6.79 Å². The number of nitrogens with zero attached hydrogens (tertiary/aromatic N) is 2. The van der Waals surface area contributed by atoms with Gasteiger partial charge in [0.25, 0.3) is 5.91 Å². The zero-order valence-electron chi connectivity index (χ0n) is 16.5. The fraction of sp³-hybridized carbons (Fsp3) is 0.217. The highest BCUT2D eigenvalue weighted by atomic mass is 16.7. The van der Waals surface area contributed by atoms with E-state index in [1.54, 1.807) is 23.2 Å². The summed E-state index contributed by atoms with van der Waals surface area (Å²) in [5, 5.41) is 3.27. The minimum absolute atomic E-state index is 0.0494. The maximum atomic E-state index is 13.1. The first-order valence-corrected chi connectivity index (χ1v) is 9.61. The Balaban J connectivity index is 1.48. The molecule has 0 spiro atoms. The van der Waals surface area contributed by atoms with E-state index in [0.717, 1.165) is 28.3 Å². The third-order valence-corrected chi connectivity index (χ3v) is 4.79. The summed E-state index contributed by atoms with van der Waals surface area (Å²) in [7, 11) is 0. The topological polar surface area (TPSA) is 63.7 Å². The molecule has 0 aliphatic carbocycles. The zero-order chi connectivity index (χ0) is 20.2. The molecule has 6 heteroatoms. The maximum Gasteiger partial charge on any atom is 0.258 e. The molecule has 1 aliphatic rings. The molecule has 29 heavy (non-hydrogen) atoms. The van der Waals surface area contributed by atoms with E-state index in [-0.39, 0.29) is 12.7 Å². The van der Waals surface area contributed by atoms with E-state index in [1.807, 2.05) is 56.3 Å². The van der Waals surface area contributed by atoms with Gasteiger partial charge in [-0.2, -0.15) is 0 Å². The molecule has 0 unspecified atom stereocenters. The van der Waals surface area contributed by atoms with Crippen LogP contribution in [0.15, 0.2) is 60.8 Å². The van der Waals surface area contributed by atoms with Gasteiger partial charge in [-0.05, 0) is 61.4 Å². The Morgan fingerprint density at radius 3 is 2.79 bits per heavy atom. The maximum absolute atomic E-state index is 13.1. The van der Waals surface area contributed by atoms with Crippen LogP contribution in [0.4, 0.5) is 11.5 Å². The lowest BCUT2D eigenvalue weighted by Crippen LogP contribution is -2.30. The predicted molar refractivity (Wildman–Crippen MR) is 113 cm³/mol. The molecule has 2 aromatic carbocycles. The summed E-state index contributed by atoms with van der Waals surface area (Å²) in [5.74, 6) is 2.11. The highest BCUT2D eigenvalue weighted by Gasteiger charge is 2.17. The number of ether oxygens (including phenoxy) is 2. The number of hydrogen-bond donors (Lipinski definition) is 1.